The summed E-state index contributed by atoms with van der Waals surface area (Å²) in [7, 11) is -2.72. The van der Waals surface area contributed by atoms with Crippen LogP contribution in [0, 0.1) is 0 Å². The lowest BCUT2D eigenvalue weighted by atomic mass is 10.1. The number of fused-ring (bicyclic) bond motifs is 6. The normalized spacial score (nSPS) is 12.3. The zero-order valence-electron chi connectivity index (χ0n) is 31.4. The molecule has 0 spiro atoms. The van der Waals surface area contributed by atoms with Gasteiger partial charge in [0.05, 0.1) is 22.1 Å². The SMILES string of the molecule is CC(C)(C)[Si](c1ccccc1)(c1ccccc1)c1cccc2c3ccccc3n(-c3ccc4c5ccccc5n(-c5ccc(-c6ccccc6)cc5)c4c3)c12. The fourth-order valence-electron chi connectivity index (χ4n) is 9.52. The van der Waals surface area contributed by atoms with Crippen LogP contribution in [0.3, 0.4) is 0 Å². The third-order valence-electron chi connectivity index (χ3n) is 11.8. The second kappa shape index (κ2) is 12.9. The van der Waals surface area contributed by atoms with E-state index < -0.39 is 8.07 Å². The van der Waals surface area contributed by atoms with Gasteiger partial charge in [0.1, 0.15) is 0 Å². The highest BCUT2D eigenvalue weighted by Gasteiger charge is 2.50. The van der Waals surface area contributed by atoms with Crippen LogP contribution >= 0.6 is 0 Å². The van der Waals surface area contributed by atoms with E-state index in [9.17, 15) is 0 Å². The van der Waals surface area contributed by atoms with Crippen LogP contribution in [-0.2, 0) is 0 Å². The monoisotopic (exact) mass is 722 g/mol. The maximum atomic E-state index is 2.57. The van der Waals surface area contributed by atoms with Gasteiger partial charge in [0.2, 0.25) is 0 Å². The minimum Gasteiger partial charge on any atom is -0.309 e. The first-order chi connectivity index (χ1) is 26.9. The predicted molar refractivity (Wildman–Crippen MR) is 238 cm³/mol. The number of para-hydroxylation sites is 3. The molecule has 0 aliphatic heterocycles. The Labute approximate surface area is 323 Å². The van der Waals surface area contributed by atoms with Crippen LogP contribution < -0.4 is 15.6 Å². The van der Waals surface area contributed by atoms with E-state index >= 15 is 0 Å². The summed E-state index contributed by atoms with van der Waals surface area (Å²) >= 11 is 0. The molecule has 0 aliphatic carbocycles. The van der Waals surface area contributed by atoms with Crippen molar-refractivity contribution in [2.75, 3.05) is 0 Å². The van der Waals surface area contributed by atoms with E-state index in [1.807, 2.05) is 0 Å². The maximum Gasteiger partial charge on any atom is 0.156 e. The lowest BCUT2D eigenvalue weighted by Gasteiger charge is -2.45. The number of hydrogen-bond donors (Lipinski definition) is 0. The molecule has 0 amide bonds. The number of nitrogens with zero attached hydrogens (tertiary/aromatic N) is 2. The molecule has 0 unspecified atom stereocenters. The van der Waals surface area contributed by atoms with Gasteiger partial charge in [-0.3, -0.25) is 0 Å². The molecule has 2 aromatic heterocycles. The van der Waals surface area contributed by atoms with E-state index in [0.717, 1.165) is 11.4 Å². The molecule has 2 nitrogen and oxygen atoms in total. The van der Waals surface area contributed by atoms with Crippen LogP contribution in [0.4, 0.5) is 0 Å². The summed E-state index contributed by atoms with van der Waals surface area (Å²) in [4.78, 5) is 0. The van der Waals surface area contributed by atoms with Crippen molar-refractivity contribution in [1.82, 2.24) is 9.13 Å². The highest BCUT2D eigenvalue weighted by atomic mass is 28.3. The Morgan fingerprint density at radius 1 is 0.364 bits per heavy atom. The topological polar surface area (TPSA) is 9.86 Å². The number of aromatic nitrogens is 2. The first-order valence-electron chi connectivity index (χ1n) is 19.3. The van der Waals surface area contributed by atoms with Crippen LogP contribution in [0.25, 0.3) is 66.1 Å². The quantitative estimate of drug-likeness (QED) is 0.119. The fraction of sp³-hybridized carbons (Fsp3) is 0.0769. The molecule has 0 atom stereocenters. The van der Waals surface area contributed by atoms with Crippen molar-refractivity contribution in [1.29, 1.82) is 0 Å². The predicted octanol–water partition coefficient (Wildman–Crippen LogP) is 11.8. The maximum absolute atomic E-state index is 2.72. The third kappa shape index (κ3) is 5.07. The Morgan fingerprint density at radius 2 is 0.836 bits per heavy atom. The molecule has 3 heteroatoms. The van der Waals surface area contributed by atoms with E-state index in [1.54, 1.807) is 0 Å². The molecule has 10 aromatic rings. The molecule has 55 heavy (non-hydrogen) atoms. The molecule has 264 valence electrons. The second-order valence-corrected chi connectivity index (χ2v) is 20.4. The van der Waals surface area contributed by atoms with Crippen molar-refractivity contribution in [3.05, 3.63) is 200 Å². The molecular formula is C52H42N2Si. The summed E-state index contributed by atoms with van der Waals surface area (Å²) in [6, 6.07) is 74.3. The molecular weight excluding hydrogens is 681 g/mol. The van der Waals surface area contributed by atoms with Crippen molar-refractivity contribution < 1.29 is 0 Å². The summed E-state index contributed by atoms with van der Waals surface area (Å²) in [6.45, 7) is 7.37. The Bertz CT molecular complexity index is 2950. The zero-order valence-corrected chi connectivity index (χ0v) is 32.4. The summed E-state index contributed by atoms with van der Waals surface area (Å²) in [6.07, 6.45) is 0. The van der Waals surface area contributed by atoms with Crippen molar-refractivity contribution in [2.45, 2.75) is 25.8 Å². The van der Waals surface area contributed by atoms with Crippen LogP contribution in [0.1, 0.15) is 20.8 Å². The molecule has 8 aromatic carbocycles. The molecule has 0 N–H and O–H groups in total. The van der Waals surface area contributed by atoms with Crippen LogP contribution in [0.2, 0.25) is 5.04 Å². The molecule has 0 aliphatic rings. The van der Waals surface area contributed by atoms with Crippen molar-refractivity contribution in [2.24, 2.45) is 0 Å². The van der Waals surface area contributed by atoms with Crippen LogP contribution in [-0.4, -0.2) is 17.2 Å². The van der Waals surface area contributed by atoms with Gasteiger partial charge in [0, 0.05) is 32.9 Å². The Kier molecular flexibility index (Phi) is 7.76. The van der Waals surface area contributed by atoms with E-state index in [0.29, 0.717) is 0 Å². The number of hydrogen-bond acceptors (Lipinski definition) is 0. The first kappa shape index (κ1) is 33.2. The smallest absolute Gasteiger partial charge is 0.156 e. The minimum atomic E-state index is -2.72. The Balaban J connectivity index is 1.29. The Hall–Kier alpha value is -6.42. The molecule has 2 heterocycles. The molecule has 0 radical (unpaired) electrons. The average Bonchev–Trinajstić information content (AvgIpc) is 3.75. The van der Waals surface area contributed by atoms with Gasteiger partial charge in [-0.15, -0.1) is 0 Å². The van der Waals surface area contributed by atoms with Crippen molar-refractivity contribution in [3.63, 3.8) is 0 Å². The lowest BCUT2D eigenvalue weighted by molar-refractivity contribution is 0.739. The van der Waals surface area contributed by atoms with E-state index in [1.165, 1.54) is 70.3 Å². The number of benzene rings is 8. The van der Waals surface area contributed by atoms with Gasteiger partial charge in [0.15, 0.2) is 8.07 Å². The second-order valence-electron chi connectivity index (χ2n) is 15.8. The largest absolute Gasteiger partial charge is 0.309 e. The van der Waals surface area contributed by atoms with E-state index in [4.69, 9.17) is 0 Å². The third-order valence-corrected chi connectivity index (χ3v) is 17.6. The van der Waals surface area contributed by atoms with Gasteiger partial charge in [-0.2, -0.15) is 0 Å². The highest BCUT2D eigenvalue weighted by Crippen LogP contribution is 2.41. The molecule has 10 rings (SSSR count). The van der Waals surface area contributed by atoms with Crippen LogP contribution in [0.5, 0.6) is 0 Å². The van der Waals surface area contributed by atoms with Crippen molar-refractivity contribution in [3.8, 4) is 22.5 Å². The molecule has 0 saturated heterocycles. The molecule has 0 bridgehead atoms. The summed E-state index contributed by atoms with van der Waals surface area (Å²) in [5, 5.41) is 9.29. The van der Waals surface area contributed by atoms with Gasteiger partial charge in [-0.1, -0.05) is 185 Å². The highest BCUT2D eigenvalue weighted by molar-refractivity contribution is 7.14. The number of rotatable bonds is 6. The van der Waals surface area contributed by atoms with Gasteiger partial charge < -0.3 is 9.13 Å². The average molecular weight is 723 g/mol. The van der Waals surface area contributed by atoms with Gasteiger partial charge in [-0.25, -0.2) is 0 Å². The zero-order chi connectivity index (χ0) is 37.1. The molecule has 0 saturated carbocycles. The van der Waals surface area contributed by atoms with Gasteiger partial charge in [0.25, 0.3) is 0 Å². The summed E-state index contributed by atoms with van der Waals surface area (Å²) in [5.41, 5.74) is 9.67. The van der Waals surface area contributed by atoms with E-state index in [-0.39, 0.29) is 5.04 Å². The summed E-state index contributed by atoms with van der Waals surface area (Å²) in [5.74, 6) is 0. The summed E-state index contributed by atoms with van der Waals surface area (Å²) < 4.78 is 5.01. The minimum absolute atomic E-state index is 0.0619. The first-order valence-corrected chi connectivity index (χ1v) is 21.3. The standard InChI is InChI=1S/C52H42N2Si/c1-52(2,3)55(41-20-9-5-10-21-41,42-22-11-6-12-23-42)50-29-17-26-46-44-25-14-16-28-48(44)54(51(46)50)40-34-35-45-43-24-13-15-27-47(43)53(49(45)36-40)39-32-30-38(31-33-39)37-18-7-4-8-19-37/h4-36H,1-3H3. The molecule has 0 fully saturated rings. The van der Waals surface area contributed by atoms with Gasteiger partial charge in [-0.05, 0) is 68.1 Å². The van der Waals surface area contributed by atoms with Gasteiger partial charge >= 0.3 is 0 Å². The van der Waals surface area contributed by atoms with Crippen molar-refractivity contribution >= 4 is 67.2 Å². The fourth-order valence-corrected chi connectivity index (χ4v) is 15.4. The lowest BCUT2D eigenvalue weighted by Crippen LogP contribution is -2.72. The van der Waals surface area contributed by atoms with Crippen LogP contribution in [0.15, 0.2) is 200 Å². The Morgan fingerprint density at radius 3 is 1.45 bits per heavy atom. The van der Waals surface area contributed by atoms with E-state index in [2.05, 4.69) is 230 Å².